The third-order valence-corrected chi connectivity index (χ3v) is 3.92. The van der Waals surface area contributed by atoms with Crippen LogP contribution in [0.4, 0.5) is 10.5 Å². The van der Waals surface area contributed by atoms with Gasteiger partial charge in [-0.1, -0.05) is 19.1 Å². The Morgan fingerprint density at radius 1 is 1.33 bits per heavy atom. The first-order valence-electron chi connectivity index (χ1n) is 7.08. The SMILES string of the molecule is CCNC(C)c1cccc(NC(=O)NCc2ccsc2)c1. The largest absolute Gasteiger partial charge is 0.334 e. The quantitative estimate of drug-likeness (QED) is 0.761. The molecule has 3 N–H and O–H groups in total. The highest BCUT2D eigenvalue weighted by Gasteiger charge is 2.06. The van der Waals surface area contributed by atoms with Crippen LogP contribution in [0.5, 0.6) is 0 Å². The third-order valence-electron chi connectivity index (χ3n) is 3.19. The van der Waals surface area contributed by atoms with Crippen LogP contribution in [0.2, 0.25) is 0 Å². The maximum absolute atomic E-state index is 11.9. The summed E-state index contributed by atoms with van der Waals surface area (Å²) in [6.07, 6.45) is 0. The van der Waals surface area contributed by atoms with Crippen LogP contribution in [-0.2, 0) is 6.54 Å². The molecule has 5 heteroatoms. The molecule has 1 heterocycles. The molecule has 0 aliphatic rings. The third kappa shape index (κ3) is 4.88. The van der Waals surface area contributed by atoms with Gasteiger partial charge in [-0.05, 0) is 53.6 Å². The second-order valence-corrected chi connectivity index (χ2v) is 5.62. The van der Waals surface area contributed by atoms with Gasteiger partial charge >= 0.3 is 6.03 Å². The first-order chi connectivity index (χ1) is 10.2. The van der Waals surface area contributed by atoms with Gasteiger partial charge < -0.3 is 16.0 Å². The molecule has 2 aromatic rings. The normalized spacial score (nSPS) is 11.9. The van der Waals surface area contributed by atoms with Gasteiger partial charge in [0.05, 0.1) is 0 Å². The number of rotatable bonds is 6. The van der Waals surface area contributed by atoms with Crippen LogP contribution >= 0.6 is 11.3 Å². The fraction of sp³-hybridized carbons (Fsp3) is 0.312. The van der Waals surface area contributed by atoms with E-state index in [1.807, 2.05) is 35.0 Å². The molecule has 2 rings (SSSR count). The van der Waals surface area contributed by atoms with Crippen LogP contribution in [0.3, 0.4) is 0 Å². The molecule has 1 aromatic carbocycles. The van der Waals surface area contributed by atoms with Crippen molar-refractivity contribution in [2.24, 2.45) is 0 Å². The van der Waals surface area contributed by atoms with Crippen molar-refractivity contribution < 1.29 is 4.79 Å². The zero-order valence-corrected chi connectivity index (χ0v) is 13.2. The lowest BCUT2D eigenvalue weighted by molar-refractivity contribution is 0.252. The fourth-order valence-corrected chi connectivity index (χ4v) is 2.73. The number of anilines is 1. The number of amides is 2. The second kappa shape index (κ2) is 7.81. The van der Waals surface area contributed by atoms with Gasteiger partial charge in [-0.2, -0.15) is 11.3 Å². The first kappa shape index (κ1) is 15.5. The minimum atomic E-state index is -0.186. The number of thiophene rings is 1. The first-order valence-corrected chi connectivity index (χ1v) is 8.02. The van der Waals surface area contributed by atoms with Crippen molar-refractivity contribution in [3.8, 4) is 0 Å². The summed E-state index contributed by atoms with van der Waals surface area (Å²) in [6.45, 7) is 5.65. The Morgan fingerprint density at radius 2 is 2.19 bits per heavy atom. The molecule has 1 unspecified atom stereocenters. The van der Waals surface area contributed by atoms with E-state index < -0.39 is 0 Å². The number of benzene rings is 1. The predicted octanol–water partition coefficient (Wildman–Crippen LogP) is 3.74. The fourth-order valence-electron chi connectivity index (χ4n) is 2.06. The van der Waals surface area contributed by atoms with Crippen molar-refractivity contribution in [2.45, 2.75) is 26.4 Å². The van der Waals surface area contributed by atoms with E-state index in [0.717, 1.165) is 23.4 Å². The number of hydrogen-bond donors (Lipinski definition) is 3. The van der Waals surface area contributed by atoms with E-state index in [9.17, 15) is 4.79 Å². The number of carbonyl (C=O) groups is 1. The maximum Gasteiger partial charge on any atom is 0.319 e. The summed E-state index contributed by atoms with van der Waals surface area (Å²) >= 11 is 1.63. The van der Waals surface area contributed by atoms with E-state index in [4.69, 9.17) is 0 Å². The van der Waals surface area contributed by atoms with Crippen LogP contribution in [0.1, 0.15) is 31.0 Å². The molecule has 0 bridgehead atoms. The second-order valence-electron chi connectivity index (χ2n) is 4.84. The van der Waals surface area contributed by atoms with Gasteiger partial charge in [0.2, 0.25) is 0 Å². The van der Waals surface area contributed by atoms with Gasteiger partial charge in [0.1, 0.15) is 0 Å². The molecule has 4 nitrogen and oxygen atoms in total. The smallest absolute Gasteiger partial charge is 0.319 e. The molecule has 0 aliphatic carbocycles. The van der Waals surface area contributed by atoms with E-state index >= 15 is 0 Å². The van der Waals surface area contributed by atoms with Crippen LogP contribution < -0.4 is 16.0 Å². The van der Waals surface area contributed by atoms with E-state index in [0.29, 0.717) is 6.54 Å². The molecule has 21 heavy (non-hydrogen) atoms. The van der Waals surface area contributed by atoms with Crippen molar-refractivity contribution in [2.75, 3.05) is 11.9 Å². The lowest BCUT2D eigenvalue weighted by Gasteiger charge is -2.14. The molecule has 1 atom stereocenters. The minimum Gasteiger partial charge on any atom is -0.334 e. The standard InChI is InChI=1S/C16H21N3OS/c1-3-17-12(2)14-5-4-6-15(9-14)19-16(20)18-10-13-7-8-21-11-13/h4-9,11-12,17H,3,10H2,1-2H3,(H2,18,19,20). The molecule has 112 valence electrons. The zero-order valence-electron chi connectivity index (χ0n) is 12.3. The van der Waals surface area contributed by atoms with Crippen molar-refractivity contribution in [3.63, 3.8) is 0 Å². The van der Waals surface area contributed by atoms with Crippen molar-refractivity contribution in [3.05, 3.63) is 52.2 Å². The maximum atomic E-state index is 11.9. The highest BCUT2D eigenvalue weighted by Crippen LogP contribution is 2.17. The van der Waals surface area contributed by atoms with Crippen LogP contribution in [-0.4, -0.2) is 12.6 Å². The van der Waals surface area contributed by atoms with Crippen molar-refractivity contribution >= 4 is 23.1 Å². The summed E-state index contributed by atoms with van der Waals surface area (Å²) in [6, 6.07) is 9.99. The van der Waals surface area contributed by atoms with Crippen LogP contribution in [0.25, 0.3) is 0 Å². The van der Waals surface area contributed by atoms with Gasteiger partial charge in [-0.25, -0.2) is 4.79 Å². The lowest BCUT2D eigenvalue weighted by atomic mass is 10.1. The molecule has 0 radical (unpaired) electrons. The van der Waals surface area contributed by atoms with E-state index in [-0.39, 0.29) is 12.1 Å². The van der Waals surface area contributed by atoms with Gasteiger partial charge in [0.15, 0.2) is 0 Å². The van der Waals surface area contributed by atoms with Gasteiger partial charge in [-0.3, -0.25) is 0 Å². The number of hydrogen-bond acceptors (Lipinski definition) is 3. The number of urea groups is 1. The Balaban J connectivity index is 1.89. The average Bonchev–Trinajstić information content (AvgIpc) is 2.99. The Kier molecular flexibility index (Phi) is 5.78. The average molecular weight is 303 g/mol. The summed E-state index contributed by atoms with van der Waals surface area (Å²) in [5, 5.41) is 13.1. The molecular formula is C16H21N3OS. The van der Waals surface area contributed by atoms with E-state index in [2.05, 4.69) is 35.9 Å². The molecule has 0 aliphatic heterocycles. The number of carbonyl (C=O) groups excluding carboxylic acids is 1. The van der Waals surface area contributed by atoms with Gasteiger partial charge in [0, 0.05) is 18.3 Å². The highest BCUT2D eigenvalue weighted by atomic mass is 32.1. The summed E-state index contributed by atoms with van der Waals surface area (Å²) in [7, 11) is 0. The topological polar surface area (TPSA) is 53.2 Å². The minimum absolute atomic E-state index is 0.186. The van der Waals surface area contributed by atoms with Crippen LogP contribution in [0.15, 0.2) is 41.1 Å². The van der Waals surface area contributed by atoms with Crippen molar-refractivity contribution in [1.82, 2.24) is 10.6 Å². The molecule has 0 saturated heterocycles. The Hall–Kier alpha value is -1.85. The molecule has 0 fully saturated rings. The summed E-state index contributed by atoms with van der Waals surface area (Å²) in [5.74, 6) is 0. The summed E-state index contributed by atoms with van der Waals surface area (Å²) < 4.78 is 0. The summed E-state index contributed by atoms with van der Waals surface area (Å²) in [5.41, 5.74) is 3.08. The van der Waals surface area contributed by atoms with Gasteiger partial charge in [0.25, 0.3) is 0 Å². The van der Waals surface area contributed by atoms with Gasteiger partial charge in [-0.15, -0.1) is 0 Å². The molecular weight excluding hydrogens is 282 g/mol. The molecule has 0 saturated carbocycles. The molecule has 2 amide bonds. The lowest BCUT2D eigenvalue weighted by Crippen LogP contribution is -2.28. The Labute approximate surface area is 129 Å². The van der Waals surface area contributed by atoms with E-state index in [1.165, 1.54) is 0 Å². The van der Waals surface area contributed by atoms with E-state index in [1.54, 1.807) is 11.3 Å². The predicted molar refractivity (Wildman–Crippen MR) is 88.7 cm³/mol. The molecule has 0 spiro atoms. The number of nitrogens with one attached hydrogen (secondary N) is 3. The van der Waals surface area contributed by atoms with Crippen LogP contribution in [0, 0.1) is 0 Å². The zero-order chi connectivity index (χ0) is 15.1. The summed E-state index contributed by atoms with van der Waals surface area (Å²) in [4.78, 5) is 11.9. The van der Waals surface area contributed by atoms with Crippen molar-refractivity contribution in [1.29, 1.82) is 0 Å². The Morgan fingerprint density at radius 3 is 2.90 bits per heavy atom. The monoisotopic (exact) mass is 303 g/mol. The molecule has 1 aromatic heterocycles. The Bertz CT molecular complexity index is 569. The highest BCUT2D eigenvalue weighted by molar-refractivity contribution is 7.07.